The highest BCUT2D eigenvalue weighted by atomic mass is 16.6. The van der Waals surface area contributed by atoms with E-state index in [1.165, 1.54) is 0 Å². The van der Waals surface area contributed by atoms with Gasteiger partial charge in [-0.2, -0.15) is 0 Å². The molecule has 0 aromatic rings. The summed E-state index contributed by atoms with van der Waals surface area (Å²) >= 11 is 0. The van der Waals surface area contributed by atoms with Crippen LogP contribution in [0.15, 0.2) is 0 Å². The summed E-state index contributed by atoms with van der Waals surface area (Å²) < 4.78 is 11.5. The second kappa shape index (κ2) is 4.17. The zero-order valence-corrected chi connectivity index (χ0v) is 12.3. The summed E-state index contributed by atoms with van der Waals surface area (Å²) in [5, 5.41) is 20.8. The Morgan fingerprint density at radius 1 is 1.05 bits per heavy atom. The van der Waals surface area contributed by atoms with Crippen LogP contribution in [0.2, 0.25) is 0 Å². The number of hydrogen-bond acceptors (Lipinski definition) is 4. The van der Waals surface area contributed by atoms with Gasteiger partial charge in [0, 0.05) is 6.42 Å². The number of rotatable bonds is 1. The first kappa shape index (κ1) is 13.8. The van der Waals surface area contributed by atoms with Gasteiger partial charge in [-0.05, 0) is 38.5 Å². The summed E-state index contributed by atoms with van der Waals surface area (Å²) in [5.74, 6) is 0.664. The molecule has 2 heterocycles. The first-order valence-electron chi connectivity index (χ1n) is 7.49. The lowest BCUT2D eigenvalue weighted by Gasteiger charge is -2.28. The summed E-state index contributed by atoms with van der Waals surface area (Å²) in [5.41, 5.74) is -0.583. The minimum Gasteiger partial charge on any atom is -0.390 e. The Labute approximate surface area is 115 Å². The van der Waals surface area contributed by atoms with E-state index in [-0.39, 0.29) is 29.3 Å². The molecule has 110 valence electrons. The largest absolute Gasteiger partial charge is 0.390 e. The van der Waals surface area contributed by atoms with Crippen LogP contribution in [0.3, 0.4) is 0 Å². The molecule has 7 atom stereocenters. The number of ether oxygens (including phenoxy) is 2. The van der Waals surface area contributed by atoms with Crippen molar-refractivity contribution in [3.63, 3.8) is 0 Å². The van der Waals surface area contributed by atoms with Crippen molar-refractivity contribution in [2.75, 3.05) is 0 Å². The van der Waals surface area contributed by atoms with Gasteiger partial charge >= 0.3 is 0 Å². The van der Waals surface area contributed by atoms with Crippen molar-refractivity contribution in [2.24, 2.45) is 11.8 Å². The minimum absolute atomic E-state index is 0.0581. The Morgan fingerprint density at radius 2 is 1.68 bits per heavy atom. The molecule has 2 aliphatic heterocycles. The number of hydrogen-bond donors (Lipinski definition) is 2. The Bertz CT molecular complexity index is 371. The van der Waals surface area contributed by atoms with Crippen molar-refractivity contribution in [3.8, 4) is 0 Å². The van der Waals surface area contributed by atoms with Gasteiger partial charge in [0.2, 0.25) is 0 Å². The Kier molecular flexibility index (Phi) is 3.03. The monoisotopic (exact) mass is 270 g/mol. The van der Waals surface area contributed by atoms with E-state index in [1.807, 2.05) is 6.92 Å². The molecule has 3 rings (SSSR count). The molecule has 0 aromatic heterocycles. The maximum absolute atomic E-state index is 10.6. The Morgan fingerprint density at radius 3 is 2.32 bits per heavy atom. The second-order valence-corrected chi connectivity index (χ2v) is 7.41. The van der Waals surface area contributed by atoms with Gasteiger partial charge in [-0.1, -0.05) is 13.8 Å². The zero-order chi connectivity index (χ0) is 14.0. The highest BCUT2D eigenvalue weighted by Gasteiger charge is 2.64. The van der Waals surface area contributed by atoms with Crippen LogP contribution in [-0.2, 0) is 9.47 Å². The Hall–Kier alpha value is -0.160. The second-order valence-electron chi connectivity index (χ2n) is 7.41. The molecule has 0 aromatic carbocycles. The van der Waals surface area contributed by atoms with E-state index < -0.39 is 12.2 Å². The lowest BCUT2D eigenvalue weighted by atomic mass is 9.78. The van der Waals surface area contributed by atoms with Crippen LogP contribution in [0.25, 0.3) is 0 Å². The molecule has 3 aliphatic rings. The molecular formula is C15H26O4. The van der Waals surface area contributed by atoms with Crippen molar-refractivity contribution in [3.05, 3.63) is 0 Å². The van der Waals surface area contributed by atoms with E-state index in [0.29, 0.717) is 12.3 Å². The molecule has 3 fully saturated rings. The van der Waals surface area contributed by atoms with E-state index in [4.69, 9.17) is 9.47 Å². The summed E-state index contributed by atoms with van der Waals surface area (Å²) in [6.45, 7) is 8.37. The van der Waals surface area contributed by atoms with Gasteiger partial charge < -0.3 is 19.7 Å². The van der Waals surface area contributed by atoms with Crippen LogP contribution in [0.4, 0.5) is 0 Å². The van der Waals surface area contributed by atoms with Gasteiger partial charge in [0.15, 0.2) is 0 Å². The molecule has 19 heavy (non-hydrogen) atoms. The first-order valence-corrected chi connectivity index (χ1v) is 7.49. The molecule has 4 heteroatoms. The van der Waals surface area contributed by atoms with Crippen LogP contribution >= 0.6 is 0 Å². The van der Waals surface area contributed by atoms with Crippen molar-refractivity contribution >= 4 is 0 Å². The smallest absolute Gasteiger partial charge is 0.113 e. The third kappa shape index (κ3) is 2.23. The predicted octanol–water partition coefficient (Wildman–Crippen LogP) is 1.48. The lowest BCUT2D eigenvalue weighted by molar-refractivity contribution is 0.0459. The third-order valence-corrected chi connectivity index (χ3v) is 5.42. The predicted molar refractivity (Wildman–Crippen MR) is 70.7 cm³/mol. The van der Waals surface area contributed by atoms with Crippen LogP contribution in [0, 0.1) is 11.8 Å². The van der Waals surface area contributed by atoms with Gasteiger partial charge in [-0.15, -0.1) is 0 Å². The summed E-state index contributed by atoms with van der Waals surface area (Å²) in [6, 6.07) is 0. The average molecular weight is 270 g/mol. The zero-order valence-electron chi connectivity index (χ0n) is 12.3. The van der Waals surface area contributed by atoms with E-state index in [9.17, 15) is 10.2 Å². The fourth-order valence-corrected chi connectivity index (χ4v) is 3.89. The van der Waals surface area contributed by atoms with E-state index in [2.05, 4.69) is 20.8 Å². The van der Waals surface area contributed by atoms with Gasteiger partial charge in [0.1, 0.15) is 12.2 Å². The van der Waals surface area contributed by atoms with Crippen molar-refractivity contribution in [1.82, 2.24) is 0 Å². The van der Waals surface area contributed by atoms with Crippen LogP contribution < -0.4 is 0 Å². The molecular weight excluding hydrogens is 244 g/mol. The maximum atomic E-state index is 10.6. The molecule has 0 bridgehead atoms. The first-order chi connectivity index (χ1) is 8.77. The van der Waals surface area contributed by atoms with Gasteiger partial charge in [-0.3, -0.25) is 0 Å². The number of aliphatic hydroxyl groups is 2. The highest BCUT2D eigenvalue weighted by molar-refractivity contribution is 5.12. The molecule has 0 spiro atoms. The van der Waals surface area contributed by atoms with Gasteiger partial charge in [-0.25, -0.2) is 0 Å². The molecule has 2 saturated heterocycles. The standard InChI is InChI=1S/C15H26O4/c1-8(2)9-5-6-14(3)12(18-14)10(16)7-15(4)13(19-15)11(9)17/h8-13,16-17H,5-7H2,1-4H3/t9-,10+,11+,12-,13+,14+,15-/m0/s1. The third-order valence-electron chi connectivity index (χ3n) is 5.42. The van der Waals surface area contributed by atoms with E-state index in [0.717, 1.165) is 12.8 Å². The van der Waals surface area contributed by atoms with E-state index >= 15 is 0 Å². The quantitative estimate of drug-likeness (QED) is 0.708. The molecule has 0 radical (unpaired) electrons. The molecule has 1 aliphatic carbocycles. The molecule has 4 nitrogen and oxygen atoms in total. The summed E-state index contributed by atoms with van der Waals surface area (Å²) in [4.78, 5) is 0. The number of epoxide rings is 2. The van der Waals surface area contributed by atoms with Crippen LogP contribution in [0.5, 0.6) is 0 Å². The van der Waals surface area contributed by atoms with Crippen LogP contribution in [-0.4, -0.2) is 45.8 Å². The lowest BCUT2D eigenvalue weighted by Crippen LogP contribution is -2.38. The highest BCUT2D eigenvalue weighted by Crippen LogP contribution is 2.52. The molecule has 0 amide bonds. The number of aliphatic hydroxyl groups excluding tert-OH is 2. The molecule has 0 unspecified atom stereocenters. The van der Waals surface area contributed by atoms with Crippen molar-refractivity contribution in [2.45, 2.75) is 82.6 Å². The van der Waals surface area contributed by atoms with Gasteiger partial charge in [0.25, 0.3) is 0 Å². The van der Waals surface area contributed by atoms with Gasteiger partial charge in [0.05, 0.1) is 23.4 Å². The van der Waals surface area contributed by atoms with Crippen LogP contribution in [0.1, 0.15) is 47.0 Å². The SMILES string of the molecule is CC(C)[C@@H]1CC[C@@]2(C)O[C@H]2[C@H](O)C[C@]2(C)O[C@@H]2[C@@H]1O. The summed E-state index contributed by atoms with van der Waals surface area (Å²) in [7, 11) is 0. The molecule has 1 saturated carbocycles. The summed E-state index contributed by atoms with van der Waals surface area (Å²) in [6.07, 6.45) is 1.28. The normalized spacial score (nSPS) is 57.3. The fourth-order valence-electron chi connectivity index (χ4n) is 3.89. The average Bonchev–Trinajstić information content (AvgIpc) is 3.14. The van der Waals surface area contributed by atoms with E-state index in [1.54, 1.807) is 0 Å². The number of fused-ring (bicyclic) bond motifs is 2. The maximum Gasteiger partial charge on any atom is 0.113 e. The van der Waals surface area contributed by atoms with Crippen molar-refractivity contribution < 1.29 is 19.7 Å². The molecule has 2 N–H and O–H groups in total. The Balaban J connectivity index is 1.81. The van der Waals surface area contributed by atoms with Crippen molar-refractivity contribution in [1.29, 1.82) is 0 Å². The topological polar surface area (TPSA) is 65.5 Å². The minimum atomic E-state index is -0.484. The fraction of sp³-hybridized carbons (Fsp3) is 1.00.